The van der Waals surface area contributed by atoms with Crippen LogP contribution in [0.1, 0.15) is 5.56 Å². The Bertz CT molecular complexity index is 484. The topological polar surface area (TPSA) is 30.2 Å². The molecule has 0 fully saturated rings. The first kappa shape index (κ1) is 9.77. The van der Waals surface area contributed by atoms with Gasteiger partial charge >= 0.3 is 0 Å². The number of isothiocyanates is 1. The lowest BCUT2D eigenvalue weighted by molar-refractivity contribution is 0.688. The van der Waals surface area contributed by atoms with E-state index in [1.807, 2.05) is 35.1 Å². The van der Waals surface area contributed by atoms with Gasteiger partial charge in [0.2, 0.25) is 0 Å². The molecule has 4 heteroatoms. The van der Waals surface area contributed by atoms with Crippen molar-refractivity contribution in [2.45, 2.75) is 6.54 Å². The summed E-state index contributed by atoms with van der Waals surface area (Å²) >= 11 is 4.51. The van der Waals surface area contributed by atoms with Crippen molar-refractivity contribution in [1.82, 2.24) is 9.78 Å². The van der Waals surface area contributed by atoms with Gasteiger partial charge in [-0.15, -0.1) is 0 Å². The summed E-state index contributed by atoms with van der Waals surface area (Å²) in [5.74, 6) is 0.598. The van der Waals surface area contributed by atoms with Crippen LogP contribution in [0.3, 0.4) is 0 Å². The van der Waals surface area contributed by atoms with Crippen molar-refractivity contribution in [3.8, 4) is 0 Å². The van der Waals surface area contributed by atoms with Crippen LogP contribution in [0.15, 0.2) is 47.6 Å². The predicted octanol–water partition coefficient (Wildman–Crippen LogP) is 2.67. The Kier molecular flexibility index (Phi) is 3.02. The molecule has 0 radical (unpaired) electrons. The van der Waals surface area contributed by atoms with E-state index in [9.17, 15) is 0 Å². The molecule has 0 aliphatic carbocycles. The first-order valence-corrected chi connectivity index (χ1v) is 4.94. The number of hydrogen-bond acceptors (Lipinski definition) is 3. The maximum atomic E-state index is 4.51. The fourth-order valence-electron chi connectivity index (χ4n) is 1.32. The van der Waals surface area contributed by atoms with Crippen LogP contribution in [0.25, 0.3) is 0 Å². The first-order valence-electron chi connectivity index (χ1n) is 4.54. The van der Waals surface area contributed by atoms with E-state index in [0.29, 0.717) is 5.82 Å². The summed E-state index contributed by atoms with van der Waals surface area (Å²) in [5.41, 5.74) is 1.21. The molecule has 0 aliphatic rings. The van der Waals surface area contributed by atoms with Gasteiger partial charge in [0.25, 0.3) is 0 Å². The van der Waals surface area contributed by atoms with Crippen LogP contribution < -0.4 is 0 Å². The number of rotatable bonds is 3. The smallest absolute Gasteiger partial charge is 0.184 e. The zero-order chi connectivity index (χ0) is 10.5. The van der Waals surface area contributed by atoms with E-state index < -0.39 is 0 Å². The van der Waals surface area contributed by atoms with Gasteiger partial charge in [-0.2, -0.15) is 10.1 Å². The van der Waals surface area contributed by atoms with Crippen molar-refractivity contribution in [3.63, 3.8) is 0 Å². The molecule has 0 unspecified atom stereocenters. The molecule has 1 aromatic heterocycles. The summed E-state index contributed by atoms with van der Waals surface area (Å²) in [7, 11) is 0. The average molecular weight is 215 g/mol. The molecule has 0 N–H and O–H groups in total. The van der Waals surface area contributed by atoms with Gasteiger partial charge in [-0.3, -0.25) is 4.68 Å². The van der Waals surface area contributed by atoms with Crippen molar-refractivity contribution in [3.05, 3.63) is 48.2 Å². The van der Waals surface area contributed by atoms with E-state index in [1.165, 1.54) is 5.56 Å². The summed E-state index contributed by atoms with van der Waals surface area (Å²) < 4.78 is 1.82. The molecule has 0 spiro atoms. The summed E-state index contributed by atoms with van der Waals surface area (Å²) in [6, 6.07) is 11.9. The maximum Gasteiger partial charge on any atom is 0.184 e. The lowest BCUT2D eigenvalue weighted by Gasteiger charge is -2.00. The van der Waals surface area contributed by atoms with E-state index in [2.05, 4.69) is 39.6 Å². The number of aromatic nitrogens is 2. The molecule has 2 rings (SSSR count). The van der Waals surface area contributed by atoms with E-state index in [-0.39, 0.29) is 0 Å². The fourth-order valence-corrected chi connectivity index (χ4v) is 1.41. The molecule has 1 aromatic carbocycles. The Hall–Kier alpha value is -1.77. The zero-order valence-corrected chi connectivity index (χ0v) is 8.81. The van der Waals surface area contributed by atoms with Crippen molar-refractivity contribution in [1.29, 1.82) is 0 Å². The first-order chi connectivity index (χ1) is 7.38. The molecule has 3 nitrogen and oxygen atoms in total. The number of benzene rings is 1. The largest absolute Gasteiger partial charge is 0.266 e. The minimum Gasteiger partial charge on any atom is -0.266 e. The third kappa shape index (κ3) is 2.59. The van der Waals surface area contributed by atoms with Crippen molar-refractivity contribution in [2.24, 2.45) is 4.99 Å². The third-order valence-electron chi connectivity index (χ3n) is 1.97. The normalized spacial score (nSPS) is 9.60. The number of nitrogens with zero attached hydrogens (tertiary/aromatic N) is 3. The van der Waals surface area contributed by atoms with Gasteiger partial charge in [0, 0.05) is 12.3 Å². The SMILES string of the molecule is S=C=Nc1ccn(Cc2ccccc2)n1. The Balaban J connectivity index is 2.15. The van der Waals surface area contributed by atoms with Crippen LogP contribution >= 0.6 is 12.2 Å². The molecule has 74 valence electrons. The molecule has 0 amide bonds. The van der Waals surface area contributed by atoms with Crippen LogP contribution in [0.5, 0.6) is 0 Å². The number of thiocarbonyl (C=S) groups is 1. The monoisotopic (exact) mass is 215 g/mol. The van der Waals surface area contributed by atoms with Gasteiger partial charge in [0.1, 0.15) is 0 Å². The van der Waals surface area contributed by atoms with E-state index in [0.717, 1.165) is 6.54 Å². The summed E-state index contributed by atoms with van der Waals surface area (Å²) in [5, 5.41) is 6.51. The summed E-state index contributed by atoms with van der Waals surface area (Å²) in [4.78, 5) is 3.80. The highest BCUT2D eigenvalue weighted by molar-refractivity contribution is 7.78. The fraction of sp³-hybridized carbons (Fsp3) is 0.0909. The van der Waals surface area contributed by atoms with E-state index >= 15 is 0 Å². The van der Waals surface area contributed by atoms with Crippen LogP contribution in [-0.2, 0) is 6.54 Å². The second-order valence-corrected chi connectivity index (χ2v) is 3.24. The molecular weight excluding hydrogens is 206 g/mol. The molecule has 0 atom stereocenters. The maximum absolute atomic E-state index is 4.51. The molecule has 1 heterocycles. The zero-order valence-electron chi connectivity index (χ0n) is 8.00. The Morgan fingerprint density at radius 1 is 1.27 bits per heavy atom. The molecule has 0 saturated carbocycles. The predicted molar refractivity (Wildman–Crippen MR) is 62.5 cm³/mol. The average Bonchev–Trinajstić information content (AvgIpc) is 2.68. The van der Waals surface area contributed by atoms with Gasteiger partial charge < -0.3 is 0 Å². The molecular formula is C11H9N3S. The highest BCUT2D eigenvalue weighted by Gasteiger charge is 1.97. The van der Waals surface area contributed by atoms with Gasteiger partial charge in [-0.1, -0.05) is 30.3 Å². The number of hydrogen-bond donors (Lipinski definition) is 0. The second-order valence-electron chi connectivity index (χ2n) is 3.06. The molecule has 0 bridgehead atoms. The highest BCUT2D eigenvalue weighted by Crippen LogP contribution is 2.08. The quantitative estimate of drug-likeness (QED) is 0.582. The Morgan fingerprint density at radius 3 is 2.80 bits per heavy atom. The van der Waals surface area contributed by atoms with Crippen molar-refractivity contribution >= 4 is 23.2 Å². The van der Waals surface area contributed by atoms with Gasteiger partial charge in [-0.25, -0.2) is 0 Å². The van der Waals surface area contributed by atoms with Crippen LogP contribution in [0, 0.1) is 0 Å². The summed E-state index contributed by atoms with van der Waals surface area (Å²) in [6.07, 6.45) is 1.87. The van der Waals surface area contributed by atoms with Crippen molar-refractivity contribution < 1.29 is 0 Å². The third-order valence-corrected chi connectivity index (χ3v) is 2.07. The second kappa shape index (κ2) is 4.64. The van der Waals surface area contributed by atoms with E-state index in [1.54, 1.807) is 0 Å². The van der Waals surface area contributed by atoms with Crippen LogP contribution in [0.4, 0.5) is 5.82 Å². The molecule has 15 heavy (non-hydrogen) atoms. The van der Waals surface area contributed by atoms with Gasteiger partial charge in [0.15, 0.2) is 5.82 Å². The van der Waals surface area contributed by atoms with Crippen LogP contribution in [-0.4, -0.2) is 14.9 Å². The van der Waals surface area contributed by atoms with Gasteiger partial charge in [-0.05, 0) is 17.8 Å². The van der Waals surface area contributed by atoms with Gasteiger partial charge in [0.05, 0.1) is 11.7 Å². The molecule has 0 saturated heterocycles. The lowest BCUT2D eigenvalue weighted by Crippen LogP contribution is -1.99. The number of aliphatic imine (C=N–C) groups is 1. The standard InChI is InChI=1S/C11H9N3S/c15-9-12-11-6-7-14(13-11)8-10-4-2-1-3-5-10/h1-7H,8H2. The Labute approximate surface area is 93.1 Å². The molecule has 0 aliphatic heterocycles. The minimum atomic E-state index is 0.598. The van der Waals surface area contributed by atoms with Crippen LogP contribution in [0.2, 0.25) is 0 Å². The lowest BCUT2D eigenvalue weighted by atomic mass is 10.2. The Morgan fingerprint density at radius 2 is 2.07 bits per heavy atom. The summed E-state index contributed by atoms with van der Waals surface area (Å²) in [6.45, 7) is 0.744. The minimum absolute atomic E-state index is 0.598. The van der Waals surface area contributed by atoms with Crippen molar-refractivity contribution in [2.75, 3.05) is 0 Å². The van der Waals surface area contributed by atoms with E-state index in [4.69, 9.17) is 0 Å². The molecule has 2 aromatic rings. The highest BCUT2D eigenvalue weighted by atomic mass is 32.1.